The Hall–Kier alpha value is -2.20. The Morgan fingerprint density at radius 2 is 1.74 bits per heavy atom. The van der Waals surface area contributed by atoms with E-state index in [-0.39, 0.29) is 5.91 Å². The van der Waals surface area contributed by atoms with E-state index in [0.29, 0.717) is 12.2 Å². The number of benzene rings is 1. The summed E-state index contributed by atoms with van der Waals surface area (Å²) >= 11 is 0. The van der Waals surface area contributed by atoms with Gasteiger partial charge in [0, 0.05) is 19.3 Å². The normalized spacial score (nSPS) is 15.3. The highest BCUT2D eigenvalue weighted by Crippen LogP contribution is 2.16. The summed E-state index contributed by atoms with van der Waals surface area (Å²) in [4.78, 5) is 18.7. The van der Waals surface area contributed by atoms with E-state index < -0.39 is 0 Å². The minimum atomic E-state index is -0.127. The Kier molecular flexibility index (Phi) is 5.37. The Balaban J connectivity index is 1.62. The molecule has 2 aromatic rings. The van der Waals surface area contributed by atoms with Gasteiger partial charge in [0.05, 0.1) is 0 Å². The molecule has 120 valence electrons. The zero-order valence-corrected chi connectivity index (χ0v) is 13.4. The molecule has 3 rings (SSSR count). The molecule has 1 N–H and O–H groups in total. The molecular weight excluding hydrogens is 286 g/mol. The highest BCUT2D eigenvalue weighted by molar-refractivity contribution is 5.92. The first-order chi connectivity index (χ1) is 11.3. The molecule has 1 aromatic carbocycles. The van der Waals surface area contributed by atoms with Gasteiger partial charge in [-0.05, 0) is 49.2 Å². The Bertz CT molecular complexity index is 636. The third-order valence-corrected chi connectivity index (χ3v) is 4.30. The lowest BCUT2D eigenvalue weighted by Crippen LogP contribution is -2.30. The molecule has 0 spiro atoms. The van der Waals surface area contributed by atoms with Crippen LogP contribution < -0.4 is 5.32 Å². The standard InChI is InChI=1S/C19H23N3O/c23-19(18-10-4-5-11-20-18)21-14-16-8-2-3-9-17(16)15-22-12-6-1-7-13-22/h2-5,8-11H,1,6-7,12-15H2,(H,21,23). The molecule has 4 heteroatoms. The fourth-order valence-corrected chi connectivity index (χ4v) is 3.01. The maximum Gasteiger partial charge on any atom is 0.270 e. The van der Waals surface area contributed by atoms with E-state index >= 15 is 0 Å². The summed E-state index contributed by atoms with van der Waals surface area (Å²) in [6.07, 6.45) is 5.56. The SMILES string of the molecule is O=C(NCc1ccccc1CN1CCCCC1)c1ccccn1. The van der Waals surface area contributed by atoms with Crippen molar-refractivity contribution in [1.29, 1.82) is 0 Å². The smallest absolute Gasteiger partial charge is 0.270 e. The number of piperidine rings is 1. The number of nitrogens with one attached hydrogen (secondary N) is 1. The molecule has 0 saturated carbocycles. The van der Waals surface area contributed by atoms with Crippen molar-refractivity contribution in [3.63, 3.8) is 0 Å². The van der Waals surface area contributed by atoms with Crippen molar-refractivity contribution in [2.45, 2.75) is 32.4 Å². The number of hydrogen-bond acceptors (Lipinski definition) is 3. The second-order valence-corrected chi connectivity index (χ2v) is 6.00. The van der Waals surface area contributed by atoms with Crippen LogP contribution in [0, 0.1) is 0 Å². The van der Waals surface area contributed by atoms with Gasteiger partial charge in [0.2, 0.25) is 0 Å². The Morgan fingerprint density at radius 3 is 2.48 bits per heavy atom. The molecule has 23 heavy (non-hydrogen) atoms. The number of likely N-dealkylation sites (tertiary alicyclic amines) is 1. The van der Waals surface area contributed by atoms with Gasteiger partial charge in [-0.3, -0.25) is 14.7 Å². The zero-order chi connectivity index (χ0) is 15.9. The van der Waals surface area contributed by atoms with E-state index in [9.17, 15) is 4.79 Å². The molecule has 0 radical (unpaired) electrons. The first-order valence-electron chi connectivity index (χ1n) is 8.31. The summed E-state index contributed by atoms with van der Waals surface area (Å²) in [6, 6.07) is 13.7. The molecule has 0 unspecified atom stereocenters. The van der Waals surface area contributed by atoms with Gasteiger partial charge in [-0.15, -0.1) is 0 Å². The van der Waals surface area contributed by atoms with Crippen molar-refractivity contribution in [3.8, 4) is 0 Å². The van der Waals surface area contributed by atoms with Gasteiger partial charge < -0.3 is 5.32 Å². The number of carbonyl (C=O) groups excluding carboxylic acids is 1. The van der Waals surface area contributed by atoms with Crippen molar-refractivity contribution >= 4 is 5.91 Å². The van der Waals surface area contributed by atoms with Gasteiger partial charge in [-0.1, -0.05) is 36.8 Å². The van der Waals surface area contributed by atoms with E-state index in [4.69, 9.17) is 0 Å². The van der Waals surface area contributed by atoms with Crippen molar-refractivity contribution in [2.75, 3.05) is 13.1 Å². The Morgan fingerprint density at radius 1 is 1.00 bits per heavy atom. The summed E-state index contributed by atoms with van der Waals surface area (Å²) in [5.74, 6) is -0.127. The quantitative estimate of drug-likeness (QED) is 0.923. The van der Waals surface area contributed by atoms with Crippen LogP contribution in [0.4, 0.5) is 0 Å². The topological polar surface area (TPSA) is 45.2 Å². The number of carbonyl (C=O) groups is 1. The van der Waals surface area contributed by atoms with Gasteiger partial charge in [0.25, 0.3) is 5.91 Å². The predicted octanol–water partition coefficient (Wildman–Crippen LogP) is 3.00. The van der Waals surface area contributed by atoms with Crippen LogP contribution in [0.25, 0.3) is 0 Å². The van der Waals surface area contributed by atoms with Crippen molar-refractivity contribution in [3.05, 3.63) is 65.5 Å². The molecule has 1 amide bonds. The van der Waals surface area contributed by atoms with E-state index in [2.05, 4.69) is 33.4 Å². The highest BCUT2D eigenvalue weighted by atomic mass is 16.1. The molecule has 0 bridgehead atoms. The third-order valence-electron chi connectivity index (χ3n) is 4.30. The summed E-state index contributed by atoms with van der Waals surface area (Å²) < 4.78 is 0. The highest BCUT2D eigenvalue weighted by Gasteiger charge is 2.13. The third kappa shape index (κ3) is 4.39. The number of aromatic nitrogens is 1. The molecular formula is C19H23N3O. The summed E-state index contributed by atoms with van der Waals surface area (Å²) in [6.45, 7) is 3.86. The van der Waals surface area contributed by atoms with Crippen molar-refractivity contribution < 1.29 is 4.79 Å². The first-order valence-corrected chi connectivity index (χ1v) is 8.31. The number of rotatable bonds is 5. The molecule has 1 fully saturated rings. The maximum absolute atomic E-state index is 12.1. The minimum Gasteiger partial charge on any atom is -0.347 e. The van der Waals surface area contributed by atoms with E-state index in [1.165, 1.54) is 43.5 Å². The number of amides is 1. The van der Waals surface area contributed by atoms with Crippen molar-refractivity contribution in [2.24, 2.45) is 0 Å². The minimum absolute atomic E-state index is 0.127. The van der Waals surface area contributed by atoms with Crippen LogP contribution in [0.3, 0.4) is 0 Å². The van der Waals surface area contributed by atoms with Crippen LogP contribution in [0.1, 0.15) is 40.9 Å². The molecule has 0 aliphatic carbocycles. The van der Waals surface area contributed by atoms with E-state index in [1.54, 1.807) is 12.3 Å². The van der Waals surface area contributed by atoms with Crippen LogP contribution in [0.2, 0.25) is 0 Å². The van der Waals surface area contributed by atoms with Gasteiger partial charge in [-0.2, -0.15) is 0 Å². The molecule has 1 aliphatic heterocycles. The molecule has 2 heterocycles. The fourth-order valence-electron chi connectivity index (χ4n) is 3.01. The van der Waals surface area contributed by atoms with Gasteiger partial charge in [-0.25, -0.2) is 0 Å². The van der Waals surface area contributed by atoms with Gasteiger partial charge >= 0.3 is 0 Å². The van der Waals surface area contributed by atoms with Crippen LogP contribution >= 0.6 is 0 Å². The summed E-state index contributed by atoms with van der Waals surface area (Å²) in [7, 11) is 0. The molecule has 0 atom stereocenters. The fraction of sp³-hybridized carbons (Fsp3) is 0.368. The van der Waals surface area contributed by atoms with Crippen LogP contribution in [0.5, 0.6) is 0 Å². The Labute approximate surface area is 137 Å². The largest absolute Gasteiger partial charge is 0.347 e. The van der Waals surface area contributed by atoms with Crippen LogP contribution in [-0.2, 0) is 13.1 Å². The monoisotopic (exact) mass is 309 g/mol. The predicted molar refractivity (Wildman–Crippen MR) is 91.0 cm³/mol. The lowest BCUT2D eigenvalue weighted by atomic mass is 10.0. The maximum atomic E-state index is 12.1. The average molecular weight is 309 g/mol. The van der Waals surface area contributed by atoms with Crippen LogP contribution in [0.15, 0.2) is 48.7 Å². The molecule has 1 aromatic heterocycles. The second-order valence-electron chi connectivity index (χ2n) is 6.00. The average Bonchev–Trinajstić information content (AvgIpc) is 2.62. The van der Waals surface area contributed by atoms with E-state index in [1.807, 2.05) is 18.2 Å². The number of pyridine rings is 1. The van der Waals surface area contributed by atoms with E-state index in [0.717, 1.165) is 6.54 Å². The summed E-state index contributed by atoms with van der Waals surface area (Å²) in [5.41, 5.74) is 2.94. The summed E-state index contributed by atoms with van der Waals surface area (Å²) in [5, 5.41) is 2.97. The lowest BCUT2D eigenvalue weighted by Gasteiger charge is -2.27. The molecule has 4 nitrogen and oxygen atoms in total. The second kappa shape index (κ2) is 7.88. The lowest BCUT2D eigenvalue weighted by molar-refractivity contribution is 0.0945. The van der Waals surface area contributed by atoms with Gasteiger partial charge in [0.1, 0.15) is 5.69 Å². The van der Waals surface area contributed by atoms with Gasteiger partial charge in [0.15, 0.2) is 0 Å². The zero-order valence-electron chi connectivity index (χ0n) is 13.4. The van der Waals surface area contributed by atoms with Crippen molar-refractivity contribution in [1.82, 2.24) is 15.2 Å². The number of nitrogens with zero attached hydrogens (tertiary/aromatic N) is 2. The first kappa shape index (κ1) is 15.7. The molecule has 1 saturated heterocycles. The number of hydrogen-bond donors (Lipinski definition) is 1. The van der Waals surface area contributed by atoms with Crippen LogP contribution in [-0.4, -0.2) is 28.9 Å². The molecule has 1 aliphatic rings.